The molecule has 9 nitrogen and oxygen atoms in total. The lowest BCUT2D eigenvalue weighted by Crippen LogP contribution is -2.37. The summed E-state index contributed by atoms with van der Waals surface area (Å²) in [5, 5.41) is 0. The van der Waals surface area contributed by atoms with Crippen molar-refractivity contribution in [3.63, 3.8) is 0 Å². The molecule has 0 aromatic heterocycles. The van der Waals surface area contributed by atoms with Crippen molar-refractivity contribution in [2.45, 2.75) is 412 Å². The van der Waals surface area contributed by atoms with E-state index in [0.29, 0.717) is 17.4 Å². The van der Waals surface area contributed by atoms with Crippen molar-refractivity contribution in [1.82, 2.24) is 0 Å². The van der Waals surface area contributed by atoms with E-state index >= 15 is 0 Å². The maximum Gasteiger partial charge on any atom is 0.472 e. The lowest BCUT2D eigenvalue weighted by atomic mass is 10.0. The maximum absolute atomic E-state index is 12.9. The van der Waals surface area contributed by atoms with Crippen molar-refractivity contribution in [2.75, 3.05) is 47.5 Å². The monoisotopic (exact) mass is 1220 g/mol. The number of allylic oxidation sites excluding steroid dienone is 2. The Bertz CT molecular complexity index is 1440. The molecule has 0 fully saturated rings. The number of unbranched alkanes of at least 4 members (excludes halogenated alkanes) is 56. The second kappa shape index (κ2) is 67.2. The molecule has 0 saturated carbocycles. The van der Waals surface area contributed by atoms with Gasteiger partial charge in [-0.05, 0) is 38.5 Å². The highest BCUT2D eigenvalue weighted by Gasteiger charge is 2.27. The van der Waals surface area contributed by atoms with Gasteiger partial charge in [0.05, 0.1) is 27.7 Å². The number of quaternary nitrogens is 1. The Kier molecular flexibility index (Phi) is 66.2. The average molecular weight is 1220 g/mol. The van der Waals surface area contributed by atoms with Crippen LogP contribution in [0.5, 0.6) is 0 Å². The fourth-order valence-corrected chi connectivity index (χ4v) is 12.5. The molecule has 10 heteroatoms. The summed E-state index contributed by atoms with van der Waals surface area (Å²) in [6.07, 6.45) is 83.5. The molecule has 0 bridgehead atoms. The van der Waals surface area contributed by atoms with Gasteiger partial charge in [0.15, 0.2) is 6.10 Å². The first-order valence-corrected chi connectivity index (χ1v) is 39.4. The van der Waals surface area contributed by atoms with Gasteiger partial charge in [-0.1, -0.05) is 366 Å². The molecule has 1 N–H and O–H groups in total. The van der Waals surface area contributed by atoms with Crippen LogP contribution < -0.4 is 0 Å². The molecule has 0 rings (SSSR count). The minimum absolute atomic E-state index is 0.0366. The van der Waals surface area contributed by atoms with Crippen LogP contribution in [0.3, 0.4) is 0 Å². The first-order valence-electron chi connectivity index (χ1n) is 37.9. The van der Waals surface area contributed by atoms with Gasteiger partial charge in [-0.3, -0.25) is 18.6 Å². The Labute approximate surface area is 530 Å². The number of hydrogen-bond donors (Lipinski definition) is 1. The normalized spacial score (nSPS) is 13.1. The molecule has 0 aliphatic carbocycles. The van der Waals surface area contributed by atoms with Crippen molar-refractivity contribution in [3.05, 3.63) is 12.2 Å². The third-order valence-corrected chi connectivity index (χ3v) is 18.5. The van der Waals surface area contributed by atoms with Crippen LogP contribution in [-0.4, -0.2) is 74.9 Å². The van der Waals surface area contributed by atoms with Crippen LogP contribution in [0.25, 0.3) is 0 Å². The predicted octanol–water partition coefficient (Wildman–Crippen LogP) is 24.7. The zero-order chi connectivity index (χ0) is 61.9. The number of likely N-dealkylation sites (N-methyl/N-ethyl adjacent to an activating group) is 1. The van der Waals surface area contributed by atoms with Gasteiger partial charge in [0.1, 0.15) is 19.8 Å². The van der Waals surface area contributed by atoms with Crippen LogP contribution in [0, 0.1) is 0 Å². The maximum atomic E-state index is 12.9. The second-order valence-corrected chi connectivity index (χ2v) is 28.9. The Hall–Kier alpha value is -1.25. The van der Waals surface area contributed by atoms with Crippen LogP contribution in [0.1, 0.15) is 406 Å². The topological polar surface area (TPSA) is 108 Å². The summed E-state index contributed by atoms with van der Waals surface area (Å²) in [6.45, 7) is 4.53. The van der Waals surface area contributed by atoms with E-state index < -0.39 is 26.5 Å². The largest absolute Gasteiger partial charge is 0.472 e. The molecule has 2 atom stereocenters. The van der Waals surface area contributed by atoms with Crippen molar-refractivity contribution < 1.29 is 42.1 Å². The average Bonchev–Trinajstić information content (AvgIpc) is 3.50. The van der Waals surface area contributed by atoms with Crippen molar-refractivity contribution >= 4 is 19.8 Å². The van der Waals surface area contributed by atoms with E-state index in [1.54, 1.807) is 0 Å². The minimum Gasteiger partial charge on any atom is -0.462 e. The Morgan fingerprint density at radius 3 is 0.871 bits per heavy atom. The summed E-state index contributed by atoms with van der Waals surface area (Å²) in [4.78, 5) is 35.9. The molecule has 0 aliphatic rings. The van der Waals surface area contributed by atoms with Gasteiger partial charge in [0.25, 0.3) is 0 Å². The summed E-state index contributed by atoms with van der Waals surface area (Å²) in [6, 6.07) is 0. The highest BCUT2D eigenvalue weighted by atomic mass is 31.2. The molecule has 506 valence electrons. The third kappa shape index (κ3) is 71.7. The molecule has 0 aliphatic heterocycles. The molecular formula is C75H149NO8P+. The van der Waals surface area contributed by atoms with Crippen LogP contribution in [0.15, 0.2) is 12.2 Å². The molecule has 0 amide bonds. The van der Waals surface area contributed by atoms with Gasteiger partial charge in [0.2, 0.25) is 0 Å². The van der Waals surface area contributed by atoms with Gasteiger partial charge >= 0.3 is 19.8 Å². The quantitative estimate of drug-likeness (QED) is 0.0211. The van der Waals surface area contributed by atoms with Crippen LogP contribution >= 0.6 is 7.82 Å². The number of carbonyl (C=O) groups excluding carboxylic acids is 2. The summed E-state index contributed by atoms with van der Waals surface area (Å²) < 4.78 is 34.8. The van der Waals surface area contributed by atoms with Crippen molar-refractivity contribution in [3.8, 4) is 0 Å². The number of ether oxygens (including phenoxy) is 2. The third-order valence-electron chi connectivity index (χ3n) is 17.5. The van der Waals surface area contributed by atoms with E-state index in [0.717, 1.165) is 38.5 Å². The number of rotatable bonds is 72. The van der Waals surface area contributed by atoms with E-state index in [2.05, 4.69) is 26.0 Å². The SMILES string of the molecule is CCCCCCCCCC/C=C\CCCCCCCCCCCCCCCCCCCC(=O)OC(COC(=O)CCCCCCCCCCCCCCCCCCCCCCCCCCCCCCCCCC)COP(=O)(O)OCC[N+](C)(C)C. The number of phosphoric acid groups is 1. The van der Waals surface area contributed by atoms with E-state index in [4.69, 9.17) is 18.5 Å². The Balaban J connectivity index is 3.93. The molecule has 0 saturated heterocycles. The van der Waals surface area contributed by atoms with Gasteiger partial charge < -0.3 is 18.9 Å². The highest BCUT2D eigenvalue weighted by molar-refractivity contribution is 7.47. The molecule has 0 aromatic rings. The molecule has 0 spiro atoms. The van der Waals surface area contributed by atoms with E-state index in [1.165, 1.54) is 340 Å². The van der Waals surface area contributed by atoms with Gasteiger partial charge in [-0.2, -0.15) is 0 Å². The predicted molar refractivity (Wildman–Crippen MR) is 368 cm³/mol. The number of esters is 2. The van der Waals surface area contributed by atoms with Crippen molar-refractivity contribution in [2.24, 2.45) is 0 Å². The summed E-state index contributed by atoms with van der Waals surface area (Å²) >= 11 is 0. The zero-order valence-corrected chi connectivity index (χ0v) is 58.8. The smallest absolute Gasteiger partial charge is 0.462 e. The number of nitrogens with zero attached hydrogens (tertiary/aromatic N) is 1. The molecular weight excluding hydrogens is 1070 g/mol. The lowest BCUT2D eigenvalue weighted by Gasteiger charge is -2.24. The van der Waals surface area contributed by atoms with Crippen LogP contribution in [0.2, 0.25) is 0 Å². The zero-order valence-electron chi connectivity index (χ0n) is 57.9. The standard InChI is InChI=1S/C75H148NO8P/c1-6-8-10-12-14-16-18-20-22-24-26-28-30-32-34-36-37-38-40-41-43-45-47-49-51-53-55-57-59-61-63-65-67-74(77)81-71-73(72-83-85(79,80)82-70-69-76(3,4)5)84-75(78)68-66-64-62-60-58-56-54-52-50-48-46-44-42-39-35-33-31-29-27-25-23-21-19-17-15-13-11-9-7-2/h25,27,73H,6-24,26,28-72H2,1-5H3/p+1/b27-25-. The van der Waals surface area contributed by atoms with Crippen LogP contribution in [-0.2, 0) is 32.7 Å². The number of hydrogen-bond acceptors (Lipinski definition) is 7. The molecule has 2 unspecified atom stereocenters. The first kappa shape index (κ1) is 83.8. The fraction of sp³-hybridized carbons (Fsp3) is 0.947. The Morgan fingerprint density at radius 1 is 0.353 bits per heavy atom. The first-order chi connectivity index (χ1) is 41.5. The highest BCUT2D eigenvalue weighted by Crippen LogP contribution is 2.43. The minimum atomic E-state index is -4.39. The summed E-state index contributed by atoms with van der Waals surface area (Å²) in [7, 11) is 1.51. The van der Waals surface area contributed by atoms with Gasteiger partial charge in [0, 0.05) is 12.8 Å². The second-order valence-electron chi connectivity index (χ2n) is 27.4. The lowest BCUT2D eigenvalue weighted by molar-refractivity contribution is -0.870. The van der Waals surface area contributed by atoms with E-state index in [-0.39, 0.29) is 25.6 Å². The number of carbonyl (C=O) groups is 2. The van der Waals surface area contributed by atoms with E-state index in [9.17, 15) is 19.0 Å². The van der Waals surface area contributed by atoms with Gasteiger partial charge in [-0.15, -0.1) is 0 Å². The summed E-state index contributed by atoms with van der Waals surface area (Å²) in [5.41, 5.74) is 0. The molecule has 0 radical (unpaired) electrons. The molecule has 0 heterocycles. The number of phosphoric ester groups is 1. The van der Waals surface area contributed by atoms with E-state index in [1.807, 2.05) is 21.1 Å². The fourth-order valence-electron chi connectivity index (χ4n) is 11.7. The summed E-state index contributed by atoms with van der Waals surface area (Å²) in [5.74, 6) is -0.769. The van der Waals surface area contributed by atoms with Crippen molar-refractivity contribution in [1.29, 1.82) is 0 Å². The van der Waals surface area contributed by atoms with Gasteiger partial charge in [-0.25, -0.2) is 4.57 Å². The Morgan fingerprint density at radius 2 is 0.600 bits per heavy atom. The van der Waals surface area contributed by atoms with Crippen LogP contribution in [0.4, 0.5) is 0 Å². The molecule has 0 aromatic carbocycles. The molecule has 85 heavy (non-hydrogen) atoms.